The fraction of sp³-hybridized carbons (Fsp3) is 0.308. The van der Waals surface area contributed by atoms with Crippen molar-refractivity contribution in [3.63, 3.8) is 0 Å². The van der Waals surface area contributed by atoms with Crippen molar-refractivity contribution in [2.24, 2.45) is 0 Å². The Bertz CT molecular complexity index is 1050. The highest BCUT2D eigenvalue weighted by molar-refractivity contribution is 6.89. The molecule has 4 rings (SSSR count). The molecule has 0 N–H and O–H groups in total. The van der Waals surface area contributed by atoms with Gasteiger partial charge in [-0.15, -0.1) is 10.9 Å². The second-order valence-electron chi connectivity index (χ2n) is 10.5. The van der Waals surface area contributed by atoms with Gasteiger partial charge in [-0.05, 0) is 41.5 Å². The van der Waals surface area contributed by atoms with Gasteiger partial charge in [0.05, 0.1) is 12.4 Å². The van der Waals surface area contributed by atoms with Crippen molar-refractivity contribution < 1.29 is 8.96 Å². The van der Waals surface area contributed by atoms with Crippen LogP contribution < -0.4 is 19.9 Å². The number of benzene rings is 2. The molecule has 31 heavy (non-hydrogen) atoms. The molecule has 0 radical (unpaired) electrons. The van der Waals surface area contributed by atoms with Crippen molar-refractivity contribution in [3.8, 4) is 0 Å². The maximum Gasteiger partial charge on any atom is 0.437 e. The zero-order valence-electron chi connectivity index (χ0n) is 19.6. The molecule has 2 aromatic heterocycles. The van der Waals surface area contributed by atoms with Crippen LogP contribution in [-0.2, 0) is 11.1 Å². The molecular formula is C26H34BN4+. The minimum Gasteiger partial charge on any atom is -0.385 e. The minimum atomic E-state index is -1.49. The summed E-state index contributed by atoms with van der Waals surface area (Å²) in [6.07, 6.45) is 11.8. The van der Waals surface area contributed by atoms with E-state index < -0.39 is 6.42 Å². The van der Waals surface area contributed by atoms with E-state index in [0.717, 1.165) is 0 Å². The molecule has 0 unspecified atom stereocenters. The van der Waals surface area contributed by atoms with Gasteiger partial charge in [0.25, 0.3) is 0 Å². The lowest BCUT2D eigenvalue weighted by Crippen LogP contribution is -2.92. The number of nitrogens with zero attached hydrogens (tertiary/aromatic N) is 4. The van der Waals surface area contributed by atoms with Gasteiger partial charge >= 0.3 is 6.42 Å². The lowest BCUT2D eigenvalue weighted by atomic mass is 9.36. The molecule has 0 aliphatic rings. The first kappa shape index (κ1) is 21.2. The van der Waals surface area contributed by atoms with Gasteiger partial charge in [0, 0.05) is 0 Å². The third-order valence-electron chi connectivity index (χ3n) is 6.26. The predicted octanol–water partition coefficient (Wildman–Crippen LogP) is 3.03. The molecule has 0 bridgehead atoms. The maximum atomic E-state index is 2.39. The summed E-state index contributed by atoms with van der Waals surface area (Å²) in [5.41, 5.74) is 2.54. The standard InChI is InChI=1S/C26H34BN4/c1-25(2,3)28-17-19-30(21-28)27(23-13-9-7-10-14-23,24-15-11-8-12-16-24)31-20-18-29(22-31)26(4,5)6/h7-22H,1-6H3/q+1. The summed E-state index contributed by atoms with van der Waals surface area (Å²) >= 11 is 0. The highest BCUT2D eigenvalue weighted by Gasteiger charge is 2.45. The average molecular weight is 413 g/mol. The van der Waals surface area contributed by atoms with Crippen LogP contribution in [0, 0.1) is 0 Å². The Morgan fingerprint density at radius 1 is 0.581 bits per heavy atom. The summed E-state index contributed by atoms with van der Waals surface area (Å²) < 4.78 is 9.36. The molecule has 5 heteroatoms. The number of imidazole rings is 2. The molecule has 2 aromatic carbocycles. The molecule has 0 amide bonds. The summed E-state index contributed by atoms with van der Waals surface area (Å²) in [7, 11) is 0. The summed E-state index contributed by atoms with van der Waals surface area (Å²) in [6.45, 7) is 13.4. The summed E-state index contributed by atoms with van der Waals surface area (Å²) in [4.78, 5) is 0. The Hall–Kier alpha value is -3.08. The number of hydrogen-bond donors (Lipinski definition) is 0. The molecule has 0 saturated carbocycles. The van der Waals surface area contributed by atoms with Crippen LogP contribution in [0.15, 0.2) is 98.1 Å². The Morgan fingerprint density at radius 3 is 1.23 bits per heavy atom. The molecule has 0 atom stereocenters. The molecule has 4 nitrogen and oxygen atoms in total. The summed E-state index contributed by atoms with van der Waals surface area (Å²) in [5, 5.41) is 0. The zero-order valence-corrected chi connectivity index (χ0v) is 19.6. The van der Waals surface area contributed by atoms with E-state index >= 15 is 0 Å². The Labute approximate surface area is 186 Å². The van der Waals surface area contributed by atoms with E-state index in [-0.39, 0.29) is 11.1 Å². The van der Waals surface area contributed by atoms with E-state index in [0.29, 0.717) is 0 Å². The predicted molar refractivity (Wildman–Crippen MR) is 128 cm³/mol. The quantitative estimate of drug-likeness (QED) is 0.458. The van der Waals surface area contributed by atoms with Gasteiger partial charge in [-0.2, -0.15) is 0 Å². The van der Waals surface area contributed by atoms with Crippen molar-refractivity contribution in [1.29, 1.82) is 0 Å². The monoisotopic (exact) mass is 413 g/mol. The average Bonchev–Trinajstić information content (AvgIpc) is 3.41. The molecule has 0 spiro atoms. The van der Waals surface area contributed by atoms with Gasteiger partial charge in [0.15, 0.2) is 0 Å². The van der Waals surface area contributed by atoms with E-state index in [2.05, 4.69) is 158 Å². The fourth-order valence-electron chi connectivity index (χ4n) is 4.45. The van der Waals surface area contributed by atoms with Crippen molar-refractivity contribution >= 4 is 17.3 Å². The zero-order chi connectivity index (χ0) is 22.3. The maximum absolute atomic E-state index is 2.39. The van der Waals surface area contributed by atoms with Crippen molar-refractivity contribution in [2.45, 2.75) is 52.6 Å². The molecule has 0 saturated heterocycles. The van der Waals surface area contributed by atoms with Crippen molar-refractivity contribution in [3.05, 3.63) is 98.1 Å². The molecule has 0 aliphatic heterocycles. The molecule has 4 aromatic rings. The lowest BCUT2D eigenvalue weighted by Gasteiger charge is -2.35. The first-order valence-corrected chi connectivity index (χ1v) is 11.1. The normalized spacial score (nSPS) is 12.8. The third-order valence-corrected chi connectivity index (χ3v) is 6.26. The SMILES string of the molecule is CC(C)(C)n1cc[n+]([B-](c2ccccc2)(c2ccccc2)[n+]2ccn(C(C)(C)C)c2)c1. The summed E-state index contributed by atoms with van der Waals surface area (Å²) in [5.74, 6) is 0. The Kier molecular flexibility index (Phi) is 5.16. The van der Waals surface area contributed by atoms with E-state index in [1.165, 1.54) is 10.9 Å². The highest BCUT2D eigenvalue weighted by atomic mass is 15.2. The van der Waals surface area contributed by atoms with E-state index in [4.69, 9.17) is 0 Å². The Balaban J connectivity index is 2.08. The number of rotatable bonds is 4. The van der Waals surface area contributed by atoms with Gasteiger partial charge < -0.3 is 8.96 Å². The van der Waals surface area contributed by atoms with Crippen LogP contribution in [0.3, 0.4) is 0 Å². The van der Waals surface area contributed by atoms with Crippen LogP contribution in [-0.4, -0.2) is 15.6 Å². The van der Waals surface area contributed by atoms with Crippen LogP contribution in [0.1, 0.15) is 41.5 Å². The molecule has 0 fully saturated rings. The molecular weight excluding hydrogens is 379 g/mol. The Morgan fingerprint density at radius 2 is 0.935 bits per heavy atom. The highest BCUT2D eigenvalue weighted by Crippen LogP contribution is 2.14. The molecule has 2 heterocycles. The van der Waals surface area contributed by atoms with Crippen molar-refractivity contribution in [1.82, 2.24) is 9.13 Å². The molecule has 0 aliphatic carbocycles. The van der Waals surface area contributed by atoms with E-state index in [9.17, 15) is 0 Å². The van der Waals surface area contributed by atoms with E-state index in [1.54, 1.807) is 0 Å². The van der Waals surface area contributed by atoms with Gasteiger partial charge in [0.1, 0.15) is 23.5 Å². The minimum absolute atomic E-state index is 0.00243. The van der Waals surface area contributed by atoms with Crippen LogP contribution in [0.25, 0.3) is 0 Å². The first-order valence-electron chi connectivity index (χ1n) is 11.1. The largest absolute Gasteiger partial charge is 0.437 e. The fourth-order valence-corrected chi connectivity index (χ4v) is 4.45. The number of hydrogen-bond acceptors (Lipinski definition) is 0. The van der Waals surface area contributed by atoms with Gasteiger partial charge in [0.2, 0.25) is 12.7 Å². The first-order chi connectivity index (χ1) is 14.6. The van der Waals surface area contributed by atoms with Gasteiger partial charge in [-0.1, -0.05) is 60.7 Å². The van der Waals surface area contributed by atoms with Crippen molar-refractivity contribution in [2.75, 3.05) is 0 Å². The summed E-state index contributed by atoms with van der Waals surface area (Å²) in [6, 6.07) is 21.7. The van der Waals surface area contributed by atoms with Crippen LogP contribution in [0.5, 0.6) is 0 Å². The lowest BCUT2D eigenvalue weighted by molar-refractivity contribution is -0.680. The van der Waals surface area contributed by atoms with Crippen LogP contribution >= 0.6 is 0 Å². The van der Waals surface area contributed by atoms with Crippen LogP contribution in [0.4, 0.5) is 0 Å². The second-order valence-corrected chi connectivity index (χ2v) is 10.5. The second kappa shape index (κ2) is 7.56. The van der Waals surface area contributed by atoms with Crippen LogP contribution in [0.2, 0.25) is 0 Å². The third kappa shape index (κ3) is 3.73. The van der Waals surface area contributed by atoms with Gasteiger partial charge in [-0.3, -0.25) is 0 Å². The smallest absolute Gasteiger partial charge is 0.385 e. The number of aromatic nitrogens is 4. The molecule has 160 valence electrons. The van der Waals surface area contributed by atoms with Gasteiger partial charge in [-0.25, -0.2) is 9.13 Å². The topological polar surface area (TPSA) is 17.6 Å². The van der Waals surface area contributed by atoms with E-state index in [1.807, 2.05) is 0 Å².